The van der Waals surface area contributed by atoms with Crippen LogP contribution < -0.4 is 0 Å². The number of aliphatic hydroxyl groups is 1. The topological polar surface area (TPSA) is 20.2 Å². The van der Waals surface area contributed by atoms with Gasteiger partial charge in [-0.05, 0) is 29.5 Å². The summed E-state index contributed by atoms with van der Waals surface area (Å²) >= 11 is 0. The van der Waals surface area contributed by atoms with Crippen molar-refractivity contribution in [1.82, 2.24) is 0 Å². The van der Waals surface area contributed by atoms with Gasteiger partial charge in [0, 0.05) is 0 Å². The standard InChI is InChI=1S/C13H18O/c1-3-11-5-7-13(8-6-11)9-12(4-2)10-14/h5-9,14H,3-4,10H2,1-2H3. The molecular formula is C13H18O. The van der Waals surface area contributed by atoms with E-state index in [4.69, 9.17) is 5.11 Å². The monoisotopic (exact) mass is 190 g/mol. The SMILES string of the molecule is CCC(=Cc1ccc(CC)cc1)CO. The Labute approximate surface area is 86.1 Å². The second-order valence-electron chi connectivity index (χ2n) is 3.41. The molecular weight excluding hydrogens is 172 g/mol. The first-order chi connectivity index (χ1) is 6.80. The van der Waals surface area contributed by atoms with E-state index in [0.717, 1.165) is 18.4 Å². The van der Waals surface area contributed by atoms with Crippen LogP contribution in [0.25, 0.3) is 6.08 Å². The van der Waals surface area contributed by atoms with E-state index in [-0.39, 0.29) is 6.61 Å². The van der Waals surface area contributed by atoms with Crippen molar-refractivity contribution < 1.29 is 5.11 Å². The van der Waals surface area contributed by atoms with Crippen molar-refractivity contribution in [3.8, 4) is 0 Å². The maximum absolute atomic E-state index is 9.02. The molecule has 1 N–H and O–H groups in total. The van der Waals surface area contributed by atoms with Crippen molar-refractivity contribution in [3.05, 3.63) is 41.0 Å². The van der Waals surface area contributed by atoms with Crippen LogP contribution in [0.5, 0.6) is 0 Å². The molecule has 0 aromatic heterocycles. The molecule has 0 fully saturated rings. The highest BCUT2D eigenvalue weighted by Crippen LogP contribution is 2.11. The maximum Gasteiger partial charge on any atom is 0.0644 e. The zero-order chi connectivity index (χ0) is 10.4. The van der Waals surface area contributed by atoms with Crippen molar-refractivity contribution in [2.75, 3.05) is 6.61 Å². The summed E-state index contributed by atoms with van der Waals surface area (Å²) in [5, 5.41) is 9.02. The average molecular weight is 190 g/mol. The third kappa shape index (κ3) is 3.00. The molecule has 76 valence electrons. The van der Waals surface area contributed by atoms with Gasteiger partial charge in [0.05, 0.1) is 6.61 Å². The number of hydrogen-bond acceptors (Lipinski definition) is 1. The Bertz CT molecular complexity index is 290. The average Bonchev–Trinajstić information content (AvgIpc) is 2.26. The molecule has 0 saturated heterocycles. The van der Waals surface area contributed by atoms with Crippen molar-refractivity contribution >= 4 is 6.08 Å². The van der Waals surface area contributed by atoms with E-state index in [1.54, 1.807) is 0 Å². The zero-order valence-electron chi connectivity index (χ0n) is 8.96. The Morgan fingerprint density at radius 3 is 2.29 bits per heavy atom. The fourth-order valence-corrected chi connectivity index (χ4v) is 1.34. The summed E-state index contributed by atoms with van der Waals surface area (Å²) in [6.07, 6.45) is 4.04. The minimum absolute atomic E-state index is 0.159. The quantitative estimate of drug-likeness (QED) is 0.773. The third-order valence-electron chi connectivity index (χ3n) is 2.42. The summed E-state index contributed by atoms with van der Waals surface area (Å²) in [4.78, 5) is 0. The van der Waals surface area contributed by atoms with E-state index in [0.29, 0.717) is 0 Å². The smallest absolute Gasteiger partial charge is 0.0644 e. The molecule has 0 saturated carbocycles. The van der Waals surface area contributed by atoms with Crippen LogP contribution in [0, 0.1) is 0 Å². The lowest BCUT2D eigenvalue weighted by molar-refractivity contribution is 0.329. The van der Waals surface area contributed by atoms with E-state index in [1.165, 1.54) is 11.1 Å². The fourth-order valence-electron chi connectivity index (χ4n) is 1.34. The lowest BCUT2D eigenvalue weighted by atomic mass is 10.1. The molecule has 1 nitrogen and oxygen atoms in total. The minimum Gasteiger partial charge on any atom is -0.392 e. The third-order valence-corrected chi connectivity index (χ3v) is 2.42. The van der Waals surface area contributed by atoms with Gasteiger partial charge in [-0.25, -0.2) is 0 Å². The predicted molar refractivity (Wildman–Crippen MR) is 61.2 cm³/mol. The van der Waals surface area contributed by atoms with E-state index in [2.05, 4.69) is 44.2 Å². The molecule has 0 bridgehead atoms. The normalized spacial score (nSPS) is 11.8. The van der Waals surface area contributed by atoms with Gasteiger partial charge in [0.2, 0.25) is 0 Å². The summed E-state index contributed by atoms with van der Waals surface area (Å²) in [5.74, 6) is 0. The van der Waals surface area contributed by atoms with Crippen LogP contribution in [0.3, 0.4) is 0 Å². The summed E-state index contributed by atoms with van der Waals surface area (Å²) in [7, 11) is 0. The van der Waals surface area contributed by atoms with Crippen molar-refractivity contribution in [3.63, 3.8) is 0 Å². The minimum atomic E-state index is 0.159. The first-order valence-corrected chi connectivity index (χ1v) is 5.19. The molecule has 1 rings (SSSR count). The Morgan fingerprint density at radius 1 is 1.21 bits per heavy atom. The summed E-state index contributed by atoms with van der Waals surface area (Å²) in [6.45, 7) is 4.37. The van der Waals surface area contributed by atoms with Gasteiger partial charge in [-0.3, -0.25) is 0 Å². The molecule has 1 heteroatoms. The Balaban J connectivity index is 2.81. The molecule has 0 radical (unpaired) electrons. The van der Waals surface area contributed by atoms with Gasteiger partial charge in [0.25, 0.3) is 0 Å². The molecule has 0 spiro atoms. The van der Waals surface area contributed by atoms with Gasteiger partial charge < -0.3 is 5.11 Å². The summed E-state index contributed by atoms with van der Waals surface area (Å²) < 4.78 is 0. The number of aryl methyl sites for hydroxylation is 1. The van der Waals surface area contributed by atoms with E-state index in [1.807, 2.05) is 0 Å². The van der Waals surface area contributed by atoms with Gasteiger partial charge in [0.15, 0.2) is 0 Å². The summed E-state index contributed by atoms with van der Waals surface area (Å²) in [5.41, 5.74) is 3.60. The molecule has 0 unspecified atom stereocenters. The highest BCUT2D eigenvalue weighted by molar-refractivity contribution is 5.53. The van der Waals surface area contributed by atoms with Crippen LogP contribution in [-0.4, -0.2) is 11.7 Å². The van der Waals surface area contributed by atoms with E-state index >= 15 is 0 Å². The van der Waals surface area contributed by atoms with Crippen LogP contribution >= 0.6 is 0 Å². The highest BCUT2D eigenvalue weighted by atomic mass is 16.3. The van der Waals surface area contributed by atoms with Crippen LogP contribution in [0.1, 0.15) is 31.4 Å². The largest absolute Gasteiger partial charge is 0.392 e. The fraction of sp³-hybridized carbons (Fsp3) is 0.385. The number of aliphatic hydroxyl groups excluding tert-OH is 1. The molecule has 0 amide bonds. The number of hydrogen-bond donors (Lipinski definition) is 1. The lowest BCUT2D eigenvalue weighted by Gasteiger charge is -2.01. The molecule has 0 atom stereocenters. The van der Waals surface area contributed by atoms with Crippen LogP contribution in [0.2, 0.25) is 0 Å². The van der Waals surface area contributed by atoms with Crippen molar-refractivity contribution in [2.45, 2.75) is 26.7 Å². The van der Waals surface area contributed by atoms with Crippen LogP contribution in [-0.2, 0) is 6.42 Å². The first-order valence-electron chi connectivity index (χ1n) is 5.19. The van der Waals surface area contributed by atoms with Crippen LogP contribution in [0.15, 0.2) is 29.8 Å². The zero-order valence-corrected chi connectivity index (χ0v) is 8.96. The van der Waals surface area contributed by atoms with E-state index in [9.17, 15) is 0 Å². The number of benzene rings is 1. The Hall–Kier alpha value is -1.08. The van der Waals surface area contributed by atoms with E-state index < -0.39 is 0 Å². The van der Waals surface area contributed by atoms with Crippen molar-refractivity contribution in [2.24, 2.45) is 0 Å². The highest BCUT2D eigenvalue weighted by Gasteiger charge is 1.93. The van der Waals surface area contributed by atoms with Gasteiger partial charge in [-0.15, -0.1) is 0 Å². The van der Waals surface area contributed by atoms with Gasteiger partial charge in [-0.2, -0.15) is 0 Å². The maximum atomic E-state index is 9.02. The first kappa shape index (κ1) is 11.0. The predicted octanol–water partition coefficient (Wildman–Crippen LogP) is 3.03. The van der Waals surface area contributed by atoms with Gasteiger partial charge in [0.1, 0.15) is 0 Å². The van der Waals surface area contributed by atoms with Crippen LogP contribution in [0.4, 0.5) is 0 Å². The van der Waals surface area contributed by atoms with Gasteiger partial charge >= 0.3 is 0 Å². The van der Waals surface area contributed by atoms with Gasteiger partial charge in [-0.1, -0.05) is 44.2 Å². The molecule has 1 aromatic carbocycles. The Morgan fingerprint density at radius 2 is 1.86 bits per heavy atom. The molecule has 0 aliphatic heterocycles. The summed E-state index contributed by atoms with van der Waals surface area (Å²) in [6, 6.07) is 8.47. The Kier molecular flexibility index (Phi) is 4.41. The second-order valence-corrected chi connectivity index (χ2v) is 3.41. The molecule has 14 heavy (non-hydrogen) atoms. The molecule has 0 aliphatic rings. The number of rotatable bonds is 4. The molecule has 0 aliphatic carbocycles. The second kappa shape index (κ2) is 5.61. The lowest BCUT2D eigenvalue weighted by Crippen LogP contribution is -1.88. The molecule has 1 aromatic rings. The molecule has 0 heterocycles. The van der Waals surface area contributed by atoms with Crippen molar-refractivity contribution in [1.29, 1.82) is 0 Å².